The van der Waals surface area contributed by atoms with E-state index >= 15 is 0 Å². The van der Waals surface area contributed by atoms with E-state index in [-0.39, 0.29) is 23.0 Å². The van der Waals surface area contributed by atoms with E-state index in [9.17, 15) is 4.79 Å². The highest BCUT2D eigenvalue weighted by Gasteiger charge is 2.32. The maximum Gasteiger partial charge on any atom is 0.259 e. The summed E-state index contributed by atoms with van der Waals surface area (Å²) in [6, 6.07) is 6.43. The lowest BCUT2D eigenvalue weighted by molar-refractivity contribution is 0.191. The highest BCUT2D eigenvalue weighted by Crippen LogP contribution is 2.40. The van der Waals surface area contributed by atoms with Crippen molar-refractivity contribution in [3.8, 4) is 0 Å². The Morgan fingerprint density at radius 2 is 1.88 bits per heavy atom. The van der Waals surface area contributed by atoms with E-state index in [0.717, 1.165) is 29.3 Å². The average Bonchev–Trinajstić information content (AvgIpc) is 2.75. The molecule has 180 valence electrons. The number of pyridine rings is 1. The number of nitrogens with two attached hydrogens (primary N) is 1. The van der Waals surface area contributed by atoms with Gasteiger partial charge in [-0.25, -0.2) is 4.98 Å². The summed E-state index contributed by atoms with van der Waals surface area (Å²) in [4.78, 5) is 21.8. The first kappa shape index (κ1) is 25.2. The molecule has 3 aromatic rings. The Morgan fingerprint density at radius 1 is 1.15 bits per heavy atom. The number of nitrogens with zero attached hydrogens (tertiary/aromatic N) is 3. The van der Waals surface area contributed by atoms with Crippen LogP contribution in [0.1, 0.15) is 78.8 Å². The Balaban J connectivity index is 2.09. The summed E-state index contributed by atoms with van der Waals surface area (Å²) in [6.07, 6.45) is 6.52. The number of aryl methyl sites for hydroxylation is 1. The van der Waals surface area contributed by atoms with Crippen LogP contribution in [0.2, 0.25) is 0 Å². The number of nitrogens with one attached hydrogen (secondary N) is 1. The van der Waals surface area contributed by atoms with E-state index in [2.05, 4.69) is 75.0 Å². The normalized spacial score (nSPS) is 14.3. The van der Waals surface area contributed by atoms with Crippen molar-refractivity contribution in [2.75, 3.05) is 12.3 Å². The molecule has 33 heavy (non-hydrogen) atoms. The van der Waals surface area contributed by atoms with Gasteiger partial charge in [0.1, 0.15) is 5.65 Å². The van der Waals surface area contributed by atoms with Crippen LogP contribution in [0.3, 0.4) is 0 Å². The summed E-state index contributed by atoms with van der Waals surface area (Å²) >= 11 is 0. The number of benzene rings is 1. The molecular formula is C27H41N5O. The average molecular weight is 452 g/mol. The van der Waals surface area contributed by atoms with Crippen LogP contribution in [-0.2, 0) is 7.05 Å². The van der Waals surface area contributed by atoms with Crippen molar-refractivity contribution in [3.63, 3.8) is 0 Å². The molecule has 2 aromatic heterocycles. The number of nitrogen functional groups attached to an aromatic ring is 1. The molecule has 0 saturated heterocycles. The maximum atomic E-state index is 13.3. The molecule has 3 N–H and O–H groups in total. The van der Waals surface area contributed by atoms with Gasteiger partial charge >= 0.3 is 0 Å². The van der Waals surface area contributed by atoms with E-state index in [1.165, 1.54) is 19.3 Å². The summed E-state index contributed by atoms with van der Waals surface area (Å²) in [6.45, 7) is 14.7. The predicted octanol–water partition coefficient (Wildman–Crippen LogP) is 5.59. The zero-order valence-corrected chi connectivity index (χ0v) is 21.4. The molecule has 1 aromatic carbocycles. The molecule has 0 amide bonds. The first-order valence-corrected chi connectivity index (χ1v) is 12.3. The summed E-state index contributed by atoms with van der Waals surface area (Å²) in [7, 11) is 1.75. The first-order chi connectivity index (χ1) is 15.5. The van der Waals surface area contributed by atoms with Crippen LogP contribution in [0.4, 0.5) is 5.95 Å². The molecule has 0 aliphatic carbocycles. The van der Waals surface area contributed by atoms with E-state index in [4.69, 9.17) is 5.73 Å². The third-order valence-electron chi connectivity index (χ3n) is 6.74. The Kier molecular flexibility index (Phi) is 7.78. The first-order valence-electron chi connectivity index (χ1n) is 12.3. The molecule has 0 bridgehead atoms. The molecule has 0 aliphatic rings. The zero-order valence-electron chi connectivity index (χ0n) is 21.4. The number of hydrogen-bond acceptors (Lipinski definition) is 5. The molecular weight excluding hydrogens is 410 g/mol. The number of rotatable bonds is 10. The minimum atomic E-state index is -0.0609. The van der Waals surface area contributed by atoms with Gasteiger partial charge in [0, 0.05) is 30.1 Å². The second-order valence-corrected chi connectivity index (χ2v) is 10.8. The molecule has 0 saturated carbocycles. The molecule has 6 nitrogen and oxygen atoms in total. The number of unbranched alkanes of at least 4 members (excludes halogenated alkanes) is 1. The Morgan fingerprint density at radius 3 is 2.55 bits per heavy atom. The lowest BCUT2D eigenvalue weighted by Crippen LogP contribution is -2.37. The summed E-state index contributed by atoms with van der Waals surface area (Å²) in [5.41, 5.74) is 7.47. The molecule has 2 heterocycles. The Bertz CT molecular complexity index is 1160. The topological polar surface area (TPSA) is 85.8 Å². The van der Waals surface area contributed by atoms with Crippen LogP contribution in [-0.4, -0.2) is 21.1 Å². The number of anilines is 1. The van der Waals surface area contributed by atoms with E-state index in [0.29, 0.717) is 22.9 Å². The predicted molar refractivity (Wildman–Crippen MR) is 139 cm³/mol. The zero-order chi connectivity index (χ0) is 24.3. The van der Waals surface area contributed by atoms with E-state index in [1.807, 2.05) is 0 Å². The van der Waals surface area contributed by atoms with Gasteiger partial charge in [0.2, 0.25) is 5.95 Å². The van der Waals surface area contributed by atoms with Crippen LogP contribution in [0.15, 0.2) is 29.2 Å². The van der Waals surface area contributed by atoms with Gasteiger partial charge in [-0.3, -0.25) is 9.36 Å². The smallest absolute Gasteiger partial charge is 0.259 e. The van der Waals surface area contributed by atoms with Crippen molar-refractivity contribution >= 4 is 27.8 Å². The summed E-state index contributed by atoms with van der Waals surface area (Å²) in [5, 5.41) is 6.29. The highest BCUT2D eigenvalue weighted by atomic mass is 16.1. The highest BCUT2D eigenvalue weighted by molar-refractivity contribution is 6.04. The second kappa shape index (κ2) is 10.2. The van der Waals surface area contributed by atoms with Crippen molar-refractivity contribution in [2.24, 2.45) is 24.3 Å². The molecule has 0 spiro atoms. The van der Waals surface area contributed by atoms with Crippen LogP contribution < -0.4 is 16.6 Å². The number of aromatic nitrogens is 3. The minimum Gasteiger partial charge on any atom is -0.368 e. The van der Waals surface area contributed by atoms with Crippen molar-refractivity contribution in [2.45, 2.75) is 73.3 Å². The second-order valence-electron chi connectivity index (χ2n) is 10.8. The fraction of sp³-hybridized carbons (Fsp3) is 0.593. The van der Waals surface area contributed by atoms with Gasteiger partial charge < -0.3 is 11.1 Å². The molecule has 0 aliphatic heterocycles. The van der Waals surface area contributed by atoms with Gasteiger partial charge in [-0.05, 0) is 53.7 Å². The van der Waals surface area contributed by atoms with Crippen molar-refractivity contribution < 1.29 is 0 Å². The standard InChI is InChI=1S/C27H41N5O/c1-8-9-10-18(4)15-29-23(27(5,6)14-17(2)3)19-11-12-20-21(13-19)25(33)32(7)24-22(20)16-30-26(28)31-24/h11-13,16-18,23,29H,8-10,14-15H2,1-7H3,(H2,28,30,31). The van der Waals surface area contributed by atoms with Crippen molar-refractivity contribution in [3.05, 3.63) is 40.3 Å². The number of fused-ring (bicyclic) bond motifs is 3. The fourth-order valence-corrected chi connectivity index (χ4v) is 5.25. The molecule has 0 radical (unpaired) electrons. The Labute approximate surface area is 198 Å². The van der Waals surface area contributed by atoms with E-state index in [1.54, 1.807) is 17.8 Å². The van der Waals surface area contributed by atoms with Crippen LogP contribution in [0, 0.1) is 17.3 Å². The summed E-state index contributed by atoms with van der Waals surface area (Å²) < 4.78 is 1.58. The van der Waals surface area contributed by atoms with Gasteiger partial charge in [0.25, 0.3) is 5.56 Å². The molecule has 3 rings (SSSR count). The number of hydrogen-bond donors (Lipinski definition) is 2. The monoisotopic (exact) mass is 451 g/mol. The molecule has 2 atom stereocenters. The lowest BCUT2D eigenvalue weighted by Gasteiger charge is -2.38. The van der Waals surface area contributed by atoms with Crippen LogP contribution >= 0.6 is 0 Å². The van der Waals surface area contributed by atoms with Crippen LogP contribution in [0.5, 0.6) is 0 Å². The van der Waals surface area contributed by atoms with Gasteiger partial charge in [0.15, 0.2) is 0 Å². The third kappa shape index (κ3) is 5.55. The van der Waals surface area contributed by atoms with Gasteiger partial charge in [-0.1, -0.05) is 66.5 Å². The minimum absolute atomic E-state index is 0.0337. The van der Waals surface area contributed by atoms with E-state index < -0.39 is 0 Å². The lowest BCUT2D eigenvalue weighted by atomic mass is 9.74. The maximum absolute atomic E-state index is 13.3. The molecule has 0 fully saturated rings. The third-order valence-corrected chi connectivity index (χ3v) is 6.74. The van der Waals surface area contributed by atoms with Crippen LogP contribution in [0.25, 0.3) is 21.8 Å². The van der Waals surface area contributed by atoms with Gasteiger partial charge in [-0.2, -0.15) is 4.98 Å². The molecule has 2 unspecified atom stereocenters. The van der Waals surface area contributed by atoms with Gasteiger partial charge in [-0.15, -0.1) is 0 Å². The molecule has 6 heteroatoms. The fourth-order valence-electron chi connectivity index (χ4n) is 5.25. The van der Waals surface area contributed by atoms with Gasteiger partial charge in [0.05, 0.1) is 0 Å². The largest absolute Gasteiger partial charge is 0.368 e. The quantitative estimate of drug-likeness (QED) is 0.392. The van der Waals surface area contributed by atoms with Crippen molar-refractivity contribution in [1.29, 1.82) is 0 Å². The summed E-state index contributed by atoms with van der Waals surface area (Å²) in [5.74, 6) is 1.37. The SMILES string of the molecule is CCCCC(C)CNC(c1ccc2c(c1)c(=O)n(C)c1nc(N)ncc21)C(C)(C)CC(C)C. The van der Waals surface area contributed by atoms with Crippen molar-refractivity contribution in [1.82, 2.24) is 19.9 Å². The Hall–Kier alpha value is -2.47.